The quantitative estimate of drug-likeness (QED) is 0.0157. The van der Waals surface area contributed by atoms with Gasteiger partial charge in [0.1, 0.15) is 60.4 Å². The predicted molar refractivity (Wildman–Crippen MR) is 272 cm³/mol. The third-order valence-corrected chi connectivity index (χ3v) is 10.8. The minimum absolute atomic E-state index is 0.00423. The number of nitrogens with one attached hydrogen (secondary N) is 13. The lowest BCUT2D eigenvalue weighted by Gasteiger charge is -2.28. The second-order valence-corrected chi connectivity index (χ2v) is 18.9. The van der Waals surface area contributed by atoms with Crippen LogP contribution in [-0.2, 0) is 62.3 Å². The van der Waals surface area contributed by atoms with Crippen LogP contribution < -0.4 is 75.3 Å². The average Bonchev–Trinajstić information content (AvgIpc) is 3.34. The molecular formula is C45H79N15O18. The van der Waals surface area contributed by atoms with E-state index in [1.165, 1.54) is 20.8 Å². The number of nitrogens with two attached hydrogens (primary N) is 2. The van der Waals surface area contributed by atoms with Crippen molar-refractivity contribution in [1.82, 2.24) is 63.8 Å². The van der Waals surface area contributed by atoms with Gasteiger partial charge in [0.25, 0.3) is 0 Å². The van der Waals surface area contributed by atoms with Gasteiger partial charge in [0, 0.05) is 6.54 Å². The van der Waals surface area contributed by atoms with Gasteiger partial charge in [-0.25, -0.2) is 4.79 Å². The Morgan fingerprint density at radius 3 is 1.35 bits per heavy atom. The number of amides is 11. The maximum atomic E-state index is 13.7. The second kappa shape index (κ2) is 35.5. The van der Waals surface area contributed by atoms with Crippen LogP contribution in [0.2, 0.25) is 0 Å². The van der Waals surface area contributed by atoms with E-state index in [0.717, 1.165) is 6.92 Å². The molecular weight excluding hydrogens is 1040 g/mol. The molecule has 0 aliphatic heterocycles. The summed E-state index contributed by atoms with van der Waals surface area (Å²) in [5.74, 6) is -14.5. The molecule has 0 aromatic heterocycles. The Hall–Kier alpha value is -7.78. The van der Waals surface area contributed by atoms with Crippen molar-refractivity contribution in [3.05, 3.63) is 0 Å². The van der Waals surface area contributed by atoms with Crippen LogP contribution in [-0.4, -0.2) is 208 Å². The van der Waals surface area contributed by atoms with E-state index in [1.807, 2.05) is 5.32 Å². The fourth-order valence-corrected chi connectivity index (χ4v) is 6.63. The molecule has 0 unspecified atom stereocenters. The van der Waals surface area contributed by atoms with Crippen LogP contribution in [0.1, 0.15) is 87.5 Å². The van der Waals surface area contributed by atoms with Crippen LogP contribution in [0.25, 0.3) is 0 Å². The Labute approximate surface area is 449 Å². The van der Waals surface area contributed by atoms with Crippen molar-refractivity contribution in [1.29, 1.82) is 5.41 Å². The predicted octanol–water partition coefficient (Wildman–Crippen LogP) is -8.75. The van der Waals surface area contributed by atoms with Gasteiger partial charge in [-0.05, 0) is 65.2 Å². The molecule has 0 heterocycles. The fraction of sp³-hybridized carbons (Fsp3) is 0.689. The summed E-state index contributed by atoms with van der Waals surface area (Å²) in [5, 5.41) is 82.3. The molecule has 0 aromatic carbocycles. The van der Waals surface area contributed by atoms with Gasteiger partial charge in [-0.3, -0.25) is 62.9 Å². The van der Waals surface area contributed by atoms with E-state index < -0.39 is 182 Å². The molecule has 33 heteroatoms. The first-order valence-electron chi connectivity index (χ1n) is 24.7. The Balaban J connectivity index is 5.60. The number of aliphatic hydroxyl groups excluding tert-OH is 3. The number of aliphatic hydroxyl groups is 3. The van der Waals surface area contributed by atoms with Crippen LogP contribution >= 0.6 is 0 Å². The van der Waals surface area contributed by atoms with Gasteiger partial charge in [-0.2, -0.15) is 0 Å². The summed E-state index contributed by atoms with van der Waals surface area (Å²) in [5.41, 5.74) is 10.8. The highest BCUT2D eigenvalue weighted by atomic mass is 16.4. The molecule has 0 aliphatic rings. The number of aliphatic carboxylic acids is 2. The van der Waals surface area contributed by atoms with Gasteiger partial charge in [0.15, 0.2) is 5.96 Å². The summed E-state index contributed by atoms with van der Waals surface area (Å²) < 4.78 is 0. The van der Waals surface area contributed by atoms with Crippen LogP contribution in [0.5, 0.6) is 0 Å². The number of guanidine groups is 1. The van der Waals surface area contributed by atoms with E-state index in [0.29, 0.717) is 0 Å². The van der Waals surface area contributed by atoms with Gasteiger partial charge < -0.3 is 101 Å². The van der Waals surface area contributed by atoms with Crippen molar-refractivity contribution in [3.63, 3.8) is 0 Å². The molecule has 0 spiro atoms. The van der Waals surface area contributed by atoms with E-state index in [4.69, 9.17) is 16.9 Å². The van der Waals surface area contributed by atoms with E-state index in [1.54, 1.807) is 27.7 Å². The Kier molecular flexibility index (Phi) is 32.0. The van der Waals surface area contributed by atoms with Gasteiger partial charge in [0.05, 0.1) is 38.8 Å². The topological polar surface area (TPSA) is 543 Å². The molecule has 22 N–H and O–H groups in total. The molecule has 0 fully saturated rings. The fourth-order valence-electron chi connectivity index (χ4n) is 6.63. The number of carbonyl (C=O) groups is 13. The molecule has 0 saturated carbocycles. The summed E-state index contributed by atoms with van der Waals surface area (Å²) in [7, 11) is 0. The van der Waals surface area contributed by atoms with Crippen LogP contribution in [0.4, 0.5) is 0 Å². The molecule has 0 bridgehead atoms. The van der Waals surface area contributed by atoms with Gasteiger partial charge in [0.2, 0.25) is 65.0 Å². The van der Waals surface area contributed by atoms with Crippen molar-refractivity contribution in [2.75, 3.05) is 32.8 Å². The maximum absolute atomic E-state index is 13.7. The molecule has 0 aromatic rings. The minimum Gasteiger partial charge on any atom is -0.481 e. The van der Waals surface area contributed by atoms with Gasteiger partial charge >= 0.3 is 11.9 Å². The molecule has 442 valence electrons. The number of carboxylic acids is 2. The van der Waals surface area contributed by atoms with Crippen molar-refractivity contribution in [3.8, 4) is 0 Å². The standard InChI is InChI=1S/C45H79N15O18/c1-19(2)12-27(41(74)55-26(10-9-11-49-45(47)48)40(73)60-34(24(8)63)43(76)59-30(18-62)44(77)78)56-37(70)23(7)54-36(69)22(6)53-31(64)15-50-35(68)21(5)52-32(65)16-51-39(72)29(14-33(66)67)58-42(75)28(13-20(3)4)57-38(71)25(46)17-61/h19-30,34,61-63H,9-18,46H2,1-8H3,(H,50,68)(H,51,72)(H,52,65)(H,53,64)(H,54,69)(H,55,74)(H,56,70)(H,57,71)(H,58,75)(H,59,76)(H,60,73)(H,66,67)(H,77,78)(H4,47,48,49)/t21-,22-,23-,24+,25-,26-,27-,28-,29-,30-,34-/m0/s1. The number of hydrogen-bond donors (Lipinski definition) is 20. The van der Waals surface area contributed by atoms with Crippen LogP contribution in [0, 0.1) is 17.2 Å². The van der Waals surface area contributed by atoms with Gasteiger partial charge in [-0.1, -0.05) is 27.7 Å². The number of rotatable bonds is 36. The monoisotopic (exact) mass is 1120 g/mol. The first kappa shape index (κ1) is 70.2. The highest BCUT2D eigenvalue weighted by Crippen LogP contribution is 2.10. The Morgan fingerprint density at radius 1 is 0.474 bits per heavy atom. The zero-order valence-electron chi connectivity index (χ0n) is 44.8. The number of hydrogen-bond acceptors (Lipinski definition) is 18. The maximum Gasteiger partial charge on any atom is 0.328 e. The highest BCUT2D eigenvalue weighted by Gasteiger charge is 2.35. The zero-order chi connectivity index (χ0) is 60.1. The molecule has 11 atom stereocenters. The summed E-state index contributed by atoms with van der Waals surface area (Å²) in [6.45, 7) is 8.49. The largest absolute Gasteiger partial charge is 0.481 e. The first-order chi connectivity index (χ1) is 36.2. The third-order valence-electron chi connectivity index (χ3n) is 10.8. The Morgan fingerprint density at radius 2 is 0.897 bits per heavy atom. The first-order valence-corrected chi connectivity index (χ1v) is 24.7. The highest BCUT2D eigenvalue weighted by molar-refractivity contribution is 5.98. The molecule has 78 heavy (non-hydrogen) atoms. The third kappa shape index (κ3) is 27.8. The molecule has 0 saturated heterocycles. The summed E-state index contributed by atoms with van der Waals surface area (Å²) in [6.07, 6.45) is -2.55. The summed E-state index contributed by atoms with van der Waals surface area (Å²) in [4.78, 5) is 166. The molecule has 0 aliphatic carbocycles. The SMILES string of the molecule is CC(C)C[C@H](NC(=O)[C@H](C)NC(=O)[C@H](C)NC(=O)CNC(=O)[C@H](C)NC(=O)CNC(=O)[C@H](CC(=O)O)NC(=O)[C@H](CC(C)C)NC(=O)[C@@H](N)CO)C(=O)N[C@@H](CCCNC(=N)N)C(=O)N[C@H](C(=O)N[C@@H](CO)C(=O)O)[C@@H](C)O. The Bertz CT molecular complexity index is 2130. The van der Waals surface area contributed by atoms with Crippen molar-refractivity contribution >= 4 is 82.9 Å². The second-order valence-electron chi connectivity index (χ2n) is 18.9. The average molecular weight is 1120 g/mol. The lowest BCUT2D eigenvalue weighted by molar-refractivity contribution is -0.144. The van der Waals surface area contributed by atoms with E-state index in [-0.39, 0.29) is 44.1 Å². The van der Waals surface area contributed by atoms with Crippen molar-refractivity contribution in [2.45, 2.75) is 154 Å². The molecule has 11 amide bonds. The van der Waals surface area contributed by atoms with Gasteiger partial charge in [-0.15, -0.1) is 0 Å². The number of carbonyl (C=O) groups excluding carboxylic acids is 11. The van der Waals surface area contributed by atoms with Crippen molar-refractivity contribution in [2.24, 2.45) is 23.3 Å². The summed E-state index contributed by atoms with van der Waals surface area (Å²) >= 11 is 0. The number of carboxylic acid groups (broad SMARTS) is 2. The van der Waals surface area contributed by atoms with E-state index in [2.05, 4.69) is 58.5 Å². The molecule has 33 nitrogen and oxygen atoms in total. The van der Waals surface area contributed by atoms with Crippen LogP contribution in [0.15, 0.2) is 0 Å². The molecule has 0 rings (SSSR count). The smallest absolute Gasteiger partial charge is 0.328 e. The van der Waals surface area contributed by atoms with E-state index in [9.17, 15) is 87.9 Å². The van der Waals surface area contributed by atoms with Crippen LogP contribution in [0.3, 0.4) is 0 Å². The molecule has 0 radical (unpaired) electrons. The lowest BCUT2D eigenvalue weighted by atomic mass is 10.0. The zero-order valence-corrected chi connectivity index (χ0v) is 44.8. The minimum atomic E-state index is -1.78. The lowest BCUT2D eigenvalue weighted by Crippen LogP contribution is -2.61. The normalized spacial score (nSPS) is 15.2. The summed E-state index contributed by atoms with van der Waals surface area (Å²) in [6, 6.07) is -14.7. The van der Waals surface area contributed by atoms with Crippen molar-refractivity contribution < 1.29 is 87.9 Å². The van der Waals surface area contributed by atoms with E-state index >= 15 is 0 Å².